The number of hydrogen-bond acceptors (Lipinski definition) is 2. The minimum Gasteiger partial charge on any atom is -0.366 e. The van der Waals surface area contributed by atoms with Crippen LogP contribution in [-0.4, -0.2) is 19.5 Å². The lowest BCUT2D eigenvalue weighted by Crippen LogP contribution is -1.90. The minimum absolute atomic E-state index is 0.339. The summed E-state index contributed by atoms with van der Waals surface area (Å²) in [5.74, 6) is 0. The lowest BCUT2D eigenvalue weighted by Gasteiger charge is -1.97. The van der Waals surface area contributed by atoms with Gasteiger partial charge in [-0.15, -0.1) is 0 Å². The van der Waals surface area contributed by atoms with E-state index in [0.717, 1.165) is 13.0 Å². The Labute approximate surface area is 73.9 Å². The maximum Gasteiger partial charge on any atom is 0.120 e. The SMILES string of the molecule is C=O.CCCCCCOCCl. The molecule has 0 rings (SSSR count). The molecule has 0 aliphatic heterocycles. The molecule has 68 valence electrons. The van der Waals surface area contributed by atoms with Gasteiger partial charge in [-0.1, -0.05) is 37.8 Å². The Morgan fingerprint density at radius 3 is 2.36 bits per heavy atom. The number of halogens is 1. The number of rotatable bonds is 6. The lowest BCUT2D eigenvalue weighted by molar-refractivity contribution is -0.0979. The van der Waals surface area contributed by atoms with E-state index in [2.05, 4.69) is 6.92 Å². The number of unbranched alkanes of at least 4 members (excludes halogenated alkanes) is 3. The summed E-state index contributed by atoms with van der Waals surface area (Å²) in [4.78, 5) is 8.00. The normalized spacial score (nSPS) is 8.55. The van der Waals surface area contributed by atoms with Gasteiger partial charge in [0.2, 0.25) is 0 Å². The first-order valence-electron chi connectivity index (χ1n) is 3.84. The Morgan fingerprint density at radius 2 is 1.91 bits per heavy atom. The van der Waals surface area contributed by atoms with E-state index in [1.54, 1.807) is 0 Å². The van der Waals surface area contributed by atoms with Crippen molar-refractivity contribution in [2.75, 3.05) is 12.7 Å². The molecule has 0 aromatic carbocycles. The number of hydrogen-bond donors (Lipinski definition) is 0. The number of carbonyl (C=O) groups is 1. The molecule has 0 heterocycles. The van der Waals surface area contributed by atoms with Crippen LogP contribution in [0.15, 0.2) is 0 Å². The van der Waals surface area contributed by atoms with Gasteiger partial charge < -0.3 is 9.53 Å². The van der Waals surface area contributed by atoms with Gasteiger partial charge in [-0.05, 0) is 6.42 Å². The second kappa shape index (κ2) is 16.5. The lowest BCUT2D eigenvalue weighted by atomic mass is 10.2. The molecule has 0 spiro atoms. The molecule has 0 atom stereocenters. The van der Waals surface area contributed by atoms with Crippen LogP contribution in [0.5, 0.6) is 0 Å². The van der Waals surface area contributed by atoms with Crippen molar-refractivity contribution >= 4 is 18.4 Å². The van der Waals surface area contributed by atoms with Gasteiger partial charge in [-0.3, -0.25) is 0 Å². The van der Waals surface area contributed by atoms with E-state index in [-0.39, 0.29) is 0 Å². The summed E-state index contributed by atoms with van der Waals surface area (Å²) in [7, 11) is 0. The molecular formula is C8H17ClO2. The molecular weight excluding hydrogens is 164 g/mol. The van der Waals surface area contributed by atoms with Crippen LogP contribution < -0.4 is 0 Å². The van der Waals surface area contributed by atoms with Crippen LogP contribution in [0.25, 0.3) is 0 Å². The quantitative estimate of drug-likeness (QED) is 0.464. The molecule has 0 bridgehead atoms. The molecule has 0 radical (unpaired) electrons. The predicted octanol–water partition coefficient (Wildman–Crippen LogP) is 2.59. The summed E-state index contributed by atoms with van der Waals surface area (Å²) >= 11 is 5.29. The third-order valence-corrected chi connectivity index (χ3v) is 1.37. The summed E-state index contributed by atoms with van der Waals surface area (Å²) in [6, 6.07) is 0.339. The number of alkyl halides is 1. The molecule has 0 saturated carbocycles. The predicted molar refractivity (Wildman–Crippen MR) is 47.9 cm³/mol. The Morgan fingerprint density at radius 1 is 1.27 bits per heavy atom. The van der Waals surface area contributed by atoms with Gasteiger partial charge in [0.15, 0.2) is 0 Å². The maximum absolute atomic E-state index is 8.00. The fraction of sp³-hybridized carbons (Fsp3) is 0.875. The molecule has 0 aromatic rings. The van der Waals surface area contributed by atoms with Crippen molar-refractivity contribution < 1.29 is 9.53 Å². The summed E-state index contributed by atoms with van der Waals surface area (Å²) < 4.78 is 4.95. The van der Waals surface area contributed by atoms with Gasteiger partial charge in [0.25, 0.3) is 0 Å². The Kier molecular flexibility index (Phi) is 20.2. The van der Waals surface area contributed by atoms with Gasteiger partial charge >= 0.3 is 0 Å². The third-order valence-electron chi connectivity index (χ3n) is 1.22. The van der Waals surface area contributed by atoms with E-state index in [0.29, 0.717) is 6.07 Å². The van der Waals surface area contributed by atoms with Crippen LogP contribution in [0.1, 0.15) is 32.6 Å². The van der Waals surface area contributed by atoms with Crippen LogP contribution in [0.2, 0.25) is 0 Å². The Hall–Kier alpha value is -0.0800. The van der Waals surface area contributed by atoms with Crippen molar-refractivity contribution in [1.82, 2.24) is 0 Å². The zero-order chi connectivity index (χ0) is 8.95. The summed E-state index contributed by atoms with van der Waals surface area (Å²) in [6.45, 7) is 5.02. The van der Waals surface area contributed by atoms with E-state index < -0.39 is 0 Å². The van der Waals surface area contributed by atoms with Crippen LogP contribution in [-0.2, 0) is 9.53 Å². The van der Waals surface area contributed by atoms with Crippen molar-refractivity contribution in [3.63, 3.8) is 0 Å². The fourth-order valence-electron chi connectivity index (χ4n) is 0.685. The molecule has 0 fully saturated rings. The molecule has 11 heavy (non-hydrogen) atoms. The average molecular weight is 181 g/mol. The van der Waals surface area contributed by atoms with Crippen LogP contribution in [0, 0.1) is 0 Å². The van der Waals surface area contributed by atoms with E-state index >= 15 is 0 Å². The van der Waals surface area contributed by atoms with Crippen molar-refractivity contribution in [1.29, 1.82) is 0 Å². The third kappa shape index (κ3) is 17.8. The molecule has 0 N–H and O–H groups in total. The minimum atomic E-state index is 0.339. The average Bonchev–Trinajstić information content (AvgIpc) is 2.08. The highest BCUT2D eigenvalue weighted by Gasteiger charge is 1.85. The maximum atomic E-state index is 8.00. The molecule has 3 heteroatoms. The second-order valence-corrected chi connectivity index (χ2v) is 2.30. The van der Waals surface area contributed by atoms with Gasteiger partial charge in [-0.25, -0.2) is 0 Å². The molecule has 0 aromatic heterocycles. The molecule has 0 aliphatic carbocycles. The Bertz CT molecular complexity index is 54.1. The van der Waals surface area contributed by atoms with Crippen LogP contribution in [0.4, 0.5) is 0 Å². The summed E-state index contributed by atoms with van der Waals surface area (Å²) in [5, 5.41) is 0. The second-order valence-electron chi connectivity index (χ2n) is 2.08. The van der Waals surface area contributed by atoms with Crippen molar-refractivity contribution in [3.8, 4) is 0 Å². The van der Waals surface area contributed by atoms with Crippen molar-refractivity contribution in [2.24, 2.45) is 0 Å². The van der Waals surface area contributed by atoms with E-state index in [1.807, 2.05) is 6.79 Å². The van der Waals surface area contributed by atoms with Crippen LogP contribution >= 0.6 is 11.6 Å². The fourth-order valence-corrected chi connectivity index (χ4v) is 0.795. The highest BCUT2D eigenvalue weighted by Crippen LogP contribution is 1.98. The van der Waals surface area contributed by atoms with E-state index in [4.69, 9.17) is 21.1 Å². The van der Waals surface area contributed by atoms with Crippen molar-refractivity contribution in [3.05, 3.63) is 0 Å². The van der Waals surface area contributed by atoms with E-state index in [9.17, 15) is 0 Å². The van der Waals surface area contributed by atoms with Gasteiger partial charge in [0.05, 0.1) is 0 Å². The molecule has 0 amide bonds. The first-order chi connectivity index (χ1) is 5.41. The first-order valence-corrected chi connectivity index (χ1v) is 4.37. The van der Waals surface area contributed by atoms with E-state index in [1.165, 1.54) is 19.3 Å². The number of ether oxygens (including phenoxy) is 1. The largest absolute Gasteiger partial charge is 0.366 e. The zero-order valence-electron chi connectivity index (χ0n) is 7.14. The molecule has 0 saturated heterocycles. The monoisotopic (exact) mass is 180 g/mol. The highest BCUT2D eigenvalue weighted by molar-refractivity contribution is 6.17. The standard InChI is InChI=1S/C7H15ClO.CH2O/c1-2-3-4-5-6-9-7-8;1-2/h2-7H2,1H3;1H2. The van der Waals surface area contributed by atoms with Gasteiger partial charge in [-0.2, -0.15) is 0 Å². The topological polar surface area (TPSA) is 26.3 Å². The highest BCUT2D eigenvalue weighted by atomic mass is 35.5. The van der Waals surface area contributed by atoms with Crippen LogP contribution in [0.3, 0.4) is 0 Å². The smallest absolute Gasteiger partial charge is 0.120 e. The molecule has 0 unspecified atom stereocenters. The Balaban J connectivity index is 0. The van der Waals surface area contributed by atoms with Crippen molar-refractivity contribution in [2.45, 2.75) is 32.6 Å². The first kappa shape index (κ1) is 13.5. The van der Waals surface area contributed by atoms with Gasteiger partial charge in [0.1, 0.15) is 12.9 Å². The summed E-state index contributed by atoms with van der Waals surface area (Å²) in [6.07, 6.45) is 5.01. The van der Waals surface area contributed by atoms with Gasteiger partial charge in [0, 0.05) is 6.61 Å². The molecule has 2 nitrogen and oxygen atoms in total. The number of carbonyl (C=O) groups excluding carboxylic acids is 1. The zero-order valence-corrected chi connectivity index (χ0v) is 7.90. The summed E-state index contributed by atoms with van der Waals surface area (Å²) in [5.41, 5.74) is 0. The molecule has 0 aliphatic rings.